The zero-order valence-corrected chi connectivity index (χ0v) is 63.3. The van der Waals surface area contributed by atoms with Gasteiger partial charge in [0.05, 0.1) is 25.4 Å². The van der Waals surface area contributed by atoms with E-state index in [1.165, 1.54) is 0 Å². The van der Waals surface area contributed by atoms with Gasteiger partial charge in [0.25, 0.3) is 0 Å². The SMILES string of the molecule is CC(C)(C)OC(=O)N[C@@H](CC[C@H]1O[C@@H]2COC(C)(C)O[C@H]2[C@@H]2OC(C)(C)O[C@H]21)CC(=O)[C@@]1(O[Si](C)(C)C)C[C@H]2CC[C@]1(C)C2(C)C.CC(C)(C)OC(=O)N[C@@H](CC[C@H]1O[C@@H]2COC(C)(C)O[C@H]2[C@@H]2OC(C)(C)O[C@H]21)CC(=O)[C@@]1(O[Si](C)(C)C)C[C@H]2CC[C@]1(C)C2(C)C. The van der Waals surface area contributed by atoms with Crippen molar-refractivity contribution in [1.29, 1.82) is 0 Å². The van der Waals surface area contributed by atoms with Crippen molar-refractivity contribution in [2.75, 3.05) is 13.2 Å². The largest absolute Gasteiger partial charge is 0.444 e. The van der Waals surface area contributed by atoms with Crippen LogP contribution in [0.15, 0.2) is 0 Å². The minimum atomic E-state index is -2.13. The highest BCUT2D eigenvalue weighted by atomic mass is 28.4. The quantitative estimate of drug-likeness (QED) is 0.122. The van der Waals surface area contributed by atoms with Gasteiger partial charge in [0.2, 0.25) is 0 Å². The molecule has 6 heterocycles. The van der Waals surface area contributed by atoms with Gasteiger partial charge in [-0.05, 0) is 223 Å². The molecule has 10 aliphatic rings. The predicted octanol–water partition coefficient (Wildman–Crippen LogP) is 13.0. The lowest BCUT2D eigenvalue weighted by atomic mass is 9.62. The normalized spacial score (nSPS) is 39.8. The maximum absolute atomic E-state index is 14.8. The summed E-state index contributed by atoms with van der Waals surface area (Å²) in [4.78, 5) is 55.9. The molecule has 4 aliphatic carbocycles. The van der Waals surface area contributed by atoms with Gasteiger partial charge in [0, 0.05) is 35.8 Å². The molecule has 528 valence electrons. The minimum absolute atomic E-state index is 0.0246. The van der Waals surface area contributed by atoms with Crippen LogP contribution in [0.2, 0.25) is 39.3 Å². The van der Waals surface area contributed by atoms with Gasteiger partial charge in [-0.3, -0.25) is 9.59 Å². The molecule has 10 fully saturated rings. The molecule has 0 unspecified atom stereocenters. The highest BCUT2D eigenvalue weighted by Gasteiger charge is 2.74. The van der Waals surface area contributed by atoms with Gasteiger partial charge in [0.1, 0.15) is 71.2 Å². The lowest BCUT2D eigenvalue weighted by Gasteiger charge is -2.50. The summed E-state index contributed by atoms with van der Waals surface area (Å²) in [7, 11) is -4.25. The van der Waals surface area contributed by atoms with E-state index in [2.05, 4.69) is 91.5 Å². The number of alkyl carbamates (subject to hydrolysis) is 2. The Morgan fingerprint density at radius 3 is 1.07 bits per heavy atom. The summed E-state index contributed by atoms with van der Waals surface area (Å²) in [6.45, 7) is 53.7. The maximum Gasteiger partial charge on any atom is 0.407 e. The van der Waals surface area contributed by atoms with Crippen LogP contribution in [0.4, 0.5) is 9.59 Å². The predicted molar refractivity (Wildman–Crippen MR) is 352 cm³/mol. The molecule has 0 aromatic heterocycles. The number of Topliss-reactive ketones (excluding diaryl/α,β-unsaturated/α-hetero) is 2. The van der Waals surface area contributed by atoms with Crippen LogP contribution >= 0.6 is 0 Å². The van der Waals surface area contributed by atoms with Crippen LogP contribution in [0, 0.1) is 33.5 Å². The van der Waals surface area contributed by atoms with Gasteiger partial charge in [0.15, 0.2) is 51.3 Å². The second-order valence-corrected chi connectivity index (χ2v) is 45.2. The van der Waals surface area contributed by atoms with Crippen LogP contribution in [0.5, 0.6) is 0 Å². The summed E-state index contributed by atoms with van der Waals surface area (Å²) < 4.78 is 88.6. The highest BCUT2D eigenvalue weighted by Crippen LogP contribution is 2.73. The number of carbonyl (C=O) groups is 4. The first-order valence-electron chi connectivity index (χ1n) is 34.9. The van der Waals surface area contributed by atoms with E-state index in [-0.39, 0.29) is 107 Å². The number of carbonyl (C=O) groups excluding carboxylic acids is 4. The van der Waals surface area contributed by atoms with E-state index in [9.17, 15) is 19.2 Å². The Balaban J connectivity index is 0.000000217. The monoisotopic (exact) mass is 1330 g/mol. The third-order valence-electron chi connectivity index (χ3n) is 22.7. The molecule has 2 amide bonds. The fourth-order valence-electron chi connectivity index (χ4n) is 17.9. The Morgan fingerprint density at radius 2 is 0.783 bits per heavy atom. The Hall–Kier alpha value is -2.17. The van der Waals surface area contributed by atoms with Gasteiger partial charge >= 0.3 is 12.2 Å². The standard InChI is InChI=1S/2C35H61NO9Si/c2*1-30(2,3)44-29(38)36-22(18-25(37)35(45-46(11,12)13)19-21-16-17-34(35,10)31(21,4)5)14-15-23-26-28(43-33(8,9)42-26)27-24(40-23)20-39-32(6,7)41-27/h2*21-24,26-28H,14-20H2,1-13H3,(H,36,38)/t2*21-,22+,23-,24-,26+,27-,28-,34-,35+/m11/s1. The zero-order chi connectivity index (χ0) is 68.6. The number of ether oxygens (including phenoxy) is 12. The van der Waals surface area contributed by atoms with E-state index in [0.29, 0.717) is 50.7 Å². The van der Waals surface area contributed by atoms with Crippen molar-refractivity contribution in [3.8, 4) is 0 Å². The molecule has 0 aromatic carbocycles. The number of hydrogen-bond acceptors (Lipinski definition) is 18. The Bertz CT molecular complexity index is 2530. The molecule has 4 saturated carbocycles. The first-order chi connectivity index (χ1) is 41.7. The number of ketones is 2. The Kier molecular flexibility index (Phi) is 20.1. The van der Waals surface area contributed by atoms with Crippen LogP contribution in [-0.2, 0) is 75.3 Å². The second-order valence-electron chi connectivity index (χ2n) is 36.3. The van der Waals surface area contributed by atoms with Crippen LogP contribution in [0.25, 0.3) is 0 Å². The molecule has 18 atom stereocenters. The van der Waals surface area contributed by atoms with Crippen LogP contribution < -0.4 is 10.6 Å². The van der Waals surface area contributed by atoms with Crippen molar-refractivity contribution in [1.82, 2.24) is 10.6 Å². The first-order valence-corrected chi connectivity index (χ1v) is 41.7. The molecule has 6 aliphatic heterocycles. The van der Waals surface area contributed by atoms with Crippen molar-refractivity contribution < 1.29 is 84.9 Å². The molecule has 0 aromatic rings. The average Bonchev–Trinajstić information content (AvgIpc) is 1.52. The van der Waals surface area contributed by atoms with Crippen molar-refractivity contribution in [3.63, 3.8) is 0 Å². The van der Waals surface area contributed by atoms with E-state index < -0.39 is 86.5 Å². The van der Waals surface area contributed by atoms with Gasteiger partial charge in [-0.1, -0.05) is 41.5 Å². The lowest BCUT2D eigenvalue weighted by molar-refractivity contribution is -0.348. The van der Waals surface area contributed by atoms with E-state index in [4.69, 9.17) is 65.7 Å². The fourth-order valence-corrected chi connectivity index (χ4v) is 20.9. The number of rotatable bonds is 18. The summed E-state index contributed by atoms with van der Waals surface area (Å²) in [5.41, 5.74) is -3.74. The van der Waals surface area contributed by atoms with Gasteiger partial charge in [-0.25, -0.2) is 9.59 Å². The van der Waals surface area contributed by atoms with Crippen LogP contribution in [0.3, 0.4) is 0 Å². The molecule has 22 heteroatoms. The highest BCUT2D eigenvalue weighted by molar-refractivity contribution is 6.70. The van der Waals surface area contributed by atoms with Crippen molar-refractivity contribution >= 4 is 40.4 Å². The molecule has 0 radical (unpaired) electrons. The lowest BCUT2D eigenvalue weighted by Crippen LogP contribution is -2.63. The molecule has 4 bridgehead atoms. The maximum atomic E-state index is 14.8. The Morgan fingerprint density at radius 1 is 0.467 bits per heavy atom. The van der Waals surface area contributed by atoms with Crippen molar-refractivity contribution in [2.24, 2.45) is 33.5 Å². The topological polar surface area (TPSA) is 222 Å². The van der Waals surface area contributed by atoms with E-state index in [1.54, 1.807) is 0 Å². The van der Waals surface area contributed by atoms with Gasteiger partial charge in [-0.15, -0.1) is 0 Å². The second kappa shape index (κ2) is 24.9. The molecule has 6 saturated heterocycles. The third kappa shape index (κ3) is 15.0. The number of hydrogen-bond donors (Lipinski definition) is 2. The number of nitrogens with one attached hydrogen (secondary N) is 2. The van der Waals surface area contributed by atoms with Crippen LogP contribution in [0.1, 0.15) is 216 Å². The molecular formula is C70H122N2O18Si2. The fraction of sp³-hybridized carbons (Fsp3) is 0.943. The zero-order valence-electron chi connectivity index (χ0n) is 61.3. The number of amides is 2. The summed E-state index contributed by atoms with van der Waals surface area (Å²) in [6.07, 6.45) is 3.50. The average molecular weight is 1340 g/mol. The summed E-state index contributed by atoms with van der Waals surface area (Å²) in [5.74, 6) is -2.10. The van der Waals surface area contributed by atoms with Crippen LogP contribution in [-0.4, -0.2) is 172 Å². The van der Waals surface area contributed by atoms with E-state index in [1.807, 2.05) is 96.9 Å². The van der Waals surface area contributed by atoms with E-state index in [0.717, 1.165) is 38.5 Å². The number of fused-ring (bicyclic) bond motifs is 10. The molecule has 2 N–H and O–H groups in total. The molecule has 10 rings (SSSR count). The van der Waals surface area contributed by atoms with E-state index >= 15 is 0 Å². The smallest absolute Gasteiger partial charge is 0.407 e. The minimum Gasteiger partial charge on any atom is -0.444 e. The van der Waals surface area contributed by atoms with Crippen molar-refractivity contribution in [2.45, 2.75) is 373 Å². The molecule has 0 spiro atoms. The summed E-state index contributed by atoms with van der Waals surface area (Å²) >= 11 is 0. The van der Waals surface area contributed by atoms with Crippen molar-refractivity contribution in [3.05, 3.63) is 0 Å². The molecule has 92 heavy (non-hydrogen) atoms. The van der Waals surface area contributed by atoms with Gasteiger partial charge in [-0.2, -0.15) is 0 Å². The molecular weight excluding hydrogens is 1210 g/mol. The molecule has 20 nitrogen and oxygen atoms in total. The van der Waals surface area contributed by atoms with Gasteiger partial charge < -0.3 is 76.3 Å². The third-order valence-corrected chi connectivity index (χ3v) is 24.6. The summed E-state index contributed by atoms with van der Waals surface area (Å²) in [6, 6.07) is -0.966. The summed E-state index contributed by atoms with van der Waals surface area (Å²) in [5, 5.41) is 6.13. The first kappa shape index (κ1) is 74.1. The Labute approximate surface area is 553 Å².